The molecule has 0 heterocycles. The molecule has 0 aliphatic carbocycles. The van der Waals surface area contributed by atoms with E-state index in [1.165, 1.54) is 19.2 Å². The Morgan fingerprint density at radius 2 is 1.68 bits per heavy atom. The van der Waals surface area contributed by atoms with Crippen LogP contribution in [0.15, 0.2) is 42.5 Å². The Labute approximate surface area is 159 Å². The summed E-state index contributed by atoms with van der Waals surface area (Å²) in [7, 11) is 1.43. The first-order valence-electron chi connectivity index (χ1n) is 8.20. The Morgan fingerprint density at radius 3 is 2.25 bits per heavy atom. The van der Waals surface area contributed by atoms with Crippen LogP contribution >= 0.6 is 0 Å². The summed E-state index contributed by atoms with van der Waals surface area (Å²) in [6, 6.07) is 9.33. The van der Waals surface area contributed by atoms with Crippen molar-refractivity contribution >= 4 is 11.8 Å². The summed E-state index contributed by atoms with van der Waals surface area (Å²) in [5.41, 5.74) is 5.45. The number of nitrogens with two attached hydrogens (primary N) is 1. The van der Waals surface area contributed by atoms with Gasteiger partial charge in [-0.15, -0.1) is 0 Å². The van der Waals surface area contributed by atoms with Crippen LogP contribution in [-0.2, 0) is 28.7 Å². The molecule has 0 bridgehead atoms. The average Bonchev–Trinajstić information content (AvgIpc) is 2.64. The third-order valence-electron chi connectivity index (χ3n) is 3.73. The minimum atomic E-state index is -4.41. The minimum absolute atomic E-state index is 0.0465. The van der Waals surface area contributed by atoms with E-state index in [0.29, 0.717) is 22.6 Å². The van der Waals surface area contributed by atoms with Gasteiger partial charge in [0.05, 0.1) is 19.1 Å². The number of ether oxygens (including phenoxy) is 2. The highest BCUT2D eigenvalue weighted by Gasteiger charge is 2.29. The lowest BCUT2D eigenvalue weighted by Crippen LogP contribution is -2.24. The number of primary amides is 1. The van der Waals surface area contributed by atoms with Gasteiger partial charge < -0.3 is 20.5 Å². The fourth-order valence-corrected chi connectivity index (χ4v) is 2.35. The number of carbonyl (C=O) groups excluding carboxylic acids is 2. The summed E-state index contributed by atoms with van der Waals surface area (Å²) in [4.78, 5) is 22.8. The van der Waals surface area contributed by atoms with Crippen LogP contribution in [0.3, 0.4) is 0 Å². The first-order valence-corrected chi connectivity index (χ1v) is 8.20. The first kappa shape index (κ1) is 21.1. The van der Waals surface area contributed by atoms with Gasteiger partial charge in [0.15, 0.2) is 18.1 Å². The fourth-order valence-electron chi connectivity index (χ4n) is 2.35. The molecule has 0 unspecified atom stereocenters. The van der Waals surface area contributed by atoms with E-state index in [1.807, 2.05) is 0 Å². The Bertz CT molecular complexity index is 836. The highest BCUT2D eigenvalue weighted by Crippen LogP contribution is 2.29. The highest BCUT2D eigenvalue weighted by molar-refractivity contribution is 5.78. The maximum atomic E-state index is 12.5. The number of amides is 2. The number of rotatable bonds is 8. The van der Waals surface area contributed by atoms with E-state index in [-0.39, 0.29) is 25.5 Å². The molecule has 0 radical (unpaired) electrons. The molecule has 3 N–H and O–H groups in total. The molecule has 2 rings (SSSR count). The van der Waals surface area contributed by atoms with Gasteiger partial charge in [0, 0.05) is 6.54 Å². The summed E-state index contributed by atoms with van der Waals surface area (Å²) in [5.74, 6) is -0.258. The Kier molecular flexibility index (Phi) is 6.86. The fraction of sp³-hybridized carbons (Fsp3) is 0.263. The predicted molar refractivity (Wildman–Crippen MR) is 94.7 cm³/mol. The number of hydrogen-bond acceptors (Lipinski definition) is 4. The van der Waals surface area contributed by atoms with Crippen molar-refractivity contribution in [1.29, 1.82) is 0 Å². The summed E-state index contributed by atoms with van der Waals surface area (Å²) in [5, 5.41) is 2.68. The van der Waals surface area contributed by atoms with Crippen molar-refractivity contribution in [2.24, 2.45) is 5.73 Å². The average molecular weight is 396 g/mol. The van der Waals surface area contributed by atoms with E-state index in [9.17, 15) is 22.8 Å². The minimum Gasteiger partial charge on any atom is -0.493 e. The molecule has 28 heavy (non-hydrogen) atoms. The van der Waals surface area contributed by atoms with Gasteiger partial charge in [-0.2, -0.15) is 13.2 Å². The molecular formula is C19H19F3N2O4. The monoisotopic (exact) mass is 396 g/mol. The predicted octanol–water partition coefficient (Wildman–Crippen LogP) is 2.44. The molecule has 0 saturated heterocycles. The summed E-state index contributed by atoms with van der Waals surface area (Å²) in [6.45, 7) is -0.106. The molecule has 0 aliphatic heterocycles. The normalized spacial score (nSPS) is 11.0. The van der Waals surface area contributed by atoms with Gasteiger partial charge in [-0.05, 0) is 35.4 Å². The van der Waals surface area contributed by atoms with Crippen LogP contribution in [0.5, 0.6) is 11.5 Å². The second-order valence-electron chi connectivity index (χ2n) is 5.89. The maximum absolute atomic E-state index is 12.5. The second-order valence-corrected chi connectivity index (χ2v) is 5.89. The van der Waals surface area contributed by atoms with Crippen LogP contribution in [0.25, 0.3) is 0 Å². The SMILES string of the molecule is COc1cc(CNC(=O)Cc2ccc(C(F)(F)F)cc2)ccc1OCC(N)=O. The van der Waals surface area contributed by atoms with Gasteiger partial charge in [-0.25, -0.2) is 0 Å². The van der Waals surface area contributed by atoms with Gasteiger partial charge in [0.25, 0.3) is 5.91 Å². The maximum Gasteiger partial charge on any atom is 0.416 e. The molecular weight excluding hydrogens is 377 g/mol. The lowest BCUT2D eigenvalue weighted by molar-refractivity contribution is -0.137. The number of nitrogens with one attached hydrogen (secondary N) is 1. The zero-order valence-corrected chi connectivity index (χ0v) is 15.0. The Balaban J connectivity index is 1.92. The Morgan fingerprint density at radius 1 is 1.04 bits per heavy atom. The van der Waals surface area contributed by atoms with E-state index in [1.54, 1.807) is 18.2 Å². The zero-order valence-electron chi connectivity index (χ0n) is 15.0. The van der Waals surface area contributed by atoms with Crippen LogP contribution in [0.2, 0.25) is 0 Å². The molecule has 2 amide bonds. The smallest absolute Gasteiger partial charge is 0.416 e. The molecule has 0 fully saturated rings. The molecule has 9 heteroatoms. The largest absolute Gasteiger partial charge is 0.493 e. The number of halogens is 3. The van der Waals surface area contributed by atoms with E-state index < -0.39 is 17.6 Å². The topological polar surface area (TPSA) is 90.7 Å². The van der Waals surface area contributed by atoms with Crippen LogP contribution in [-0.4, -0.2) is 25.5 Å². The third kappa shape index (κ3) is 6.19. The quantitative estimate of drug-likeness (QED) is 0.717. The van der Waals surface area contributed by atoms with Crippen molar-refractivity contribution in [3.8, 4) is 11.5 Å². The summed E-state index contributed by atoms with van der Waals surface area (Å²) < 4.78 is 48.0. The highest BCUT2D eigenvalue weighted by atomic mass is 19.4. The molecule has 0 saturated carbocycles. The van der Waals surface area contributed by atoms with Crippen LogP contribution in [0, 0.1) is 0 Å². The van der Waals surface area contributed by atoms with Crippen LogP contribution < -0.4 is 20.5 Å². The molecule has 2 aromatic carbocycles. The summed E-state index contributed by atoms with van der Waals surface area (Å²) >= 11 is 0. The van der Waals surface area contributed by atoms with Gasteiger partial charge >= 0.3 is 6.18 Å². The number of alkyl halides is 3. The van der Waals surface area contributed by atoms with Crippen LogP contribution in [0.4, 0.5) is 13.2 Å². The molecule has 0 aromatic heterocycles. The van der Waals surface area contributed by atoms with E-state index in [4.69, 9.17) is 15.2 Å². The molecule has 6 nitrogen and oxygen atoms in total. The van der Waals surface area contributed by atoms with E-state index in [0.717, 1.165) is 12.1 Å². The number of hydrogen-bond donors (Lipinski definition) is 2. The van der Waals surface area contributed by atoms with Crippen molar-refractivity contribution in [3.05, 3.63) is 59.2 Å². The van der Waals surface area contributed by atoms with Crippen molar-refractivity contribution in [2.75, 3.05) is 13.7 Å². The molecule has 0 spiro atoms. The standard InChI is InChI=1S/C19H19F3N2O4/c1-27-16-8-13(4-7-15(16)28-11-17(23)25)10-24-18(26)9-12-2-5-14(6-3-12)19(20,21)22/h2-8H,9-11H2,1H3,(H2,23,25)(H,24,26). The van der Waals surface area contributed by atoms with E-state index >= 15 is 0 Å². The Hall–Kier alpha value is -3.23. The lowest BCUT2D eigenvalue weighted by Gasteiger charge is -2.12. The molecule has 0 atom stereocenters. The molecule has 2 aromatic rings. The second kappa shape index (κ2) is 9.12. The van der Waals surface area contributed by atoms with Crippen molar-refractivity contribution in [3.63, 3.8) is 0 Å². The lowest BCUT2D eigenvalue weighted by atomic mass is 10.1. The van der Waals surface area contributed by atoms with Gasteiger partial charge in [-0.1, -0.05) is 18.2 Å². The van der Waals surface area contributed by atoms with E-state index in [2.05, 4.69) is 5.32 Å². The zero-order chi connectivity index (χ0) is 20.7. The third-order valence-corrected chi connectivity index (χ3v) is 3.73. The first-order chi connectivity index (χ1) is 13.2. The van der Waals surface area contributed by atoms with Gasteiger partial charge in [0.1, 0.15) is 0 Å². The number of carbonyl (C=O) groups is 2. The molecule has 0 aliphatic rings. The van der Waals surface area contributed by atoms with Crippen molar-refractivity contribution in [2.45, 2.75) is 19.1 Å². The van der Waals surface area contributed by atoms with Gasteiger partial charge in [-0.3, -0.25) is 9.59 Å². The number of benzene rings is 2. The van der Waals surface area contributed by atoms with Crippen LogP contribution in [0.1, 0.15) is 16.7 Å². The molecule has 150 valence electrons. The van der Waals surface area contributed by atoms with Gasteiger partial charge in [0.2, 0.25) is 5.91 Å². The van der Waals surface area contributed by atoms with Crippen molar-refractivity contribution in [1.82, 2.24) is 5.32 Å². The number of methoxy groups -OCH3 is 1. The van der Waals surface area contributed by atoms with Crippen molar-refractivity contribution < 1.29 is 32.2 Å². The summed E-state index contributed by atoms with van der Waals surface area (Å²) in [6.07, 6.45) is -4.46.